The number of carbonyl (C=O) groups is 2. The summed E-state index contributed by atoms with van der Waals surface area (Å²) < 4.78 is 0. The lowest BCUT2D eigenvalue weighted by atomic mass is 10.1. The van der Waals surface area contributed by atoms with Crippen molar-refractivity contribution in [3.8, 4) is 0 Å². The summed E-state index contributed by atoms with van der Waals surface area (Å²) in [6.07, 6.45) is -1.20. The van der Waals surface area contributed by atoms with E-state index in [4.69, 9.17) is 15.9 Å². The summed E-state index contributed by atoms with van der Waals surface area (Å²) in [4.78, 5) is 21.0. The minimum Gasteiger partial charge on any atom is -0.481 e. The van der Waals surface area contributed by atoms with E-state index in [0.29, 0.717) is 6.54 Å². The summed E-state index contributed by atoms with van der Waals surface area (Å²) >= 11 is 0. The first-order valence-corrected chi connectivity index (χ1v) is 5.46. The van der Waals surface area contributed by atoms with Gasteiger partial charge in [0.2, 0.25) is 5.91 Å². The normalized spacial score (nSPS) is 12.1. The van der Waals surface area contributed by atoms with Crippen LogP contribution < -0.4 is 11.1 Å². The molecule has 0 saturated heterocycles. The summed E-state index contributed by atoms with van der Waals surface area (Å²) in [5.74, 6) is -1.63. The van der Waals surface area contributed by atoms with Crippen LogP contribution in [0.5, 0.6) is 0 Å². The average Bonchev–Trinajstić information content (AvgIpc) is 2.30. The third kappa shape index (κ3) is 4.94. The van der Waals surface area contributed by atoms with E-state index < -0.39 is 18.0 Å². The van der Waals surface area contributed by atoms with E-state index in [0.717, 1.165) is 11.1 Å². The molecule has 0 saturated carbocycles. The van der Waals surface area contributed by atoms with Gasteiger partial charge >= 0.3 is 5.97 Å². The zero-order chi connectivity index (χ0) is 13.5. The van der Waals surface area contributed by atoms with Gasteiger partial charge in [-0.25, -0.2) is 0 Å². The Morgan fingerprint density at radius 3 is 2.28 bits per heavy atom. The number of carboxylic acid groups (broad SMARTS) is 1. The Balaban J connectivity index is 2.39. The molecule has 0 fully saturated rings. The third-order valence-corrected chi connectivity index (χ3v) is 2.37. The van der Waals surface area contributed by atoms with E-state index in [1.165, 1.54) is 0 Å². The first kappa shape index (κ1) is 14.1. The smallest absolute Gasteiger partial charge is 0.307 e. The number of amides is 1. The van der Waals surface area contributed by atoms with Gasteiger partial charge in [0.15, 0.2) is 0 Å². The fourth-order valence-corrected chi connectivity index (χ4v) is 1.40. The molecule has 1 rings (SSSR count). The molecule has 0 aromatic heterocycles. The van der Waals surface area contributed by atoms with E-state index in [2.05, 4.69) is 5.32 Å². The number of carbonyl (C=O) groups excluding carboxylic acids is 1. The minimum absolute atomic E-state index is 0.00586. The summed E-state index contributed by atoms with van der Waals surface area (Å²) in [7, 11) is 0. The molecule has 6 heteroatoms. The average molecular weight is 252 g/mol. The molecule has 1 aromatic carbocycles. The number of benzene rings is 1. The number of hydrogen-bond acceptors (Lipinski definition) is 4. The Kier molecular flexibility index (Phi) is 5.29. The maximum Gasteiger partial charge on any atom is 0.307 e. The van der Waals surface area contributed by atoms with Gasteiger partial charge in [-0.2, -0.15) is 0 Å². The van der Waals surface area contributed by atoms with Crippen molar-refractivity contribution >= 4 is 11.9 Å². The Bertz CT molecular complexity index is 417. The number of aliphatic hydroxyl groups is 1. The number of nitrogens with two attached hydrogens (primary N) is 1. The van der Waals surface area contributed by atoms with Crippen molar-refractivity contribution in [1.82, 2.24) is 5.32 Å². The van der Waals surface area contributed by atoms with Crippen LogP contribution in [-0.2, 0) is 22.6 Å². The number of carboxylic acids is 1. The molecule has 0 radical (unpaired) electrons. The quantitative estimate of drug-likeness (QED) is 0.510. The lowest BCUT2D eigenvalue weighted by molar-refractivity contribution is -0.136. The minimum atomic E-state index is -1.20. The highest BCUT2D eigenvalue weighted by atomic mass is 16.4. The Morgan fingerprint density at radius 2 is 1.78 bits per heavy atom. The lowest BCUT2D eigenvalue weighted by Gasteiger charge is -2.08. The Labute approximate surface area is 104 Å². The maximum atomic E-state index is 10.6. The molecule has 0 spiro atoms. The van der Waals surface area contributed by atoms with Gasteiger partial charge in [0, 0.05) is 13.1 Å². The maximum absolute atomic E-state index is 10.6. The van der Waals surface area contributed by atoms with E-state index in [1.54, 1.807) is 24.3 Å². The van der Waals surface area contributed by atoms with Gasteiger partial charge in [-0.05, 0) is 11.1 Å². The van der Waals surface area contributed by atoms with Gasteiger partial charge in [-0.3, -0.25) is 9.59 Å². The van der Waals surface area contributed by atoms with E-state index >= 15 is 0 Å². The second-order valence-electron chi connectivity index (χ2n) is 3.94. The number of hydrogen-bond donors (Lipinski definition) is 4. The molecular weight excluding hydrogens is 236 g/mol. The molecule has 0 aliphatic rings. The first-order valence-electron chi connectivity index (χ1n) is 5.46. The van der Waals surface area contributed by atoms with Crippen molar-refractivity contribution in [2.24, 2.45) is 5.73 Å². The number of aliphatic carboxylic acids is 1. The number of primary amides is 1. The molecule has 1 unspecified atom stereocenters. The van der Waals surface area contributed by atoms with Crippen LogP contribution in [0, 0.1) is 0 Å². The highest BCUT2D eigenvalue weighted by Crippen LogP contribution is 2.05. The monoisotopic (exact) mass is 252 g/mol. The molecule has 6 nitrogen and oxygen atoms in total. The van der Waals surface area contributed by atoms with Gasteiger partial charge in [0.25, 0.3) is 0 Å². The van der Waals surface area contributed by atoms with Gasteiger partial charge in [-0.1, -0.05) is 24.3 Å². The fraction of sp³-hybridized carbons (Fsp3) is 0.333. The van der Waals surface area contributed by atoms with Crippen LogP contribution in [0.4, 0.5) is 0 Å². The van der Waals surface area contributed by atoms with Gasteiger partial charge in [0.1, 0.15) is 6.10 Å². The van der Waals surface area contributed by atoms with Gasteiger partial charge in [0.05, 0.1) is 6.42 Å². The van der Waals surface area contributed by atoms with E-state index in [9.17, 15) is 9.59 Å². The summed E-state index contributed by atoms with van der Waals surface area (Å²) in [5, 5.41) is 20.6. The molecule has 0 aliphatic heterocycles. The molecule has 1 atom stereocenters. The van der Waals surface area contributed by atoms with Crippen LogP contribution >= 0.6 is 0 Å². The second kappa shape index (κ2) is 6.73. The molecule has 18 heavy (non-hydrogen) atoms. The van der Waals surface area contributed by atoms with Crippen LogP contribution in [0.3, 0.4) is 0 Å². The lowest BCUT2D eigenvalue weighted by Crippen LogP contribution is -2.37. The highest BCUT2D eigenvalue weighted by molar-refractivity contribution is 5.78. The zero-order valence-corrected chi connectivity index (χ0v) is 9.80. The predicted octanol–water partition coefficient (Wildman–Crippen LogP) is -0.750. The second-order valence-corrected chi connectivity index (χ2v) is 3.94. The van der Waals surface area contributed by atoms with Crippen molar-refractivity contribution in [2.75, 3.05) is 6.54 Å². The van der Waals surface area contributed by atoms with Gasteiger partial charge in [-0.15, -0.1) is 0 Å². The molecule has 1 amide bonds. The zero-order valence-electron chi connectivity index (χ0n) is 9.80. The topological polar surface area (TPSA) is 113 Å². The number of rotatable bonds is 7. The Morgan fingerprint density at radius 1 is 1.22 bits per heavy atom. The molecule has 0 aliphatic carbocycles. The van der Waals surface area contributed by atoms with Crippen molar-refractivity contribution in [3.63, 3.8) is 0 Å². The Hall–Kier alpha value is -1.92. The molecule has 1 aromatic rings. The standard InChI is InChI=1S/C12H16N2O4/c13-12(18)10(15)7-14-6-9-3-1-8(2-4-9)5-11(16)17/h1-4,10,14-15H,5-7H2,(H2,13,18)(H,16,17). The van der Waals surface area contributed by atoms with Gasteiger partial charge < -0.3 is 21.3 Å². The largest absolute Gasteiger partial charge is 0.481 e. The summed E-state index contributed by atoms with van der Waals surface area (Å²) in [5.41, 5.74) is 6.55. The van der Waals surface area contributed by atoms with Crippen LogP contribution in [0.1, 0.15) is 11.1 Å². The van der Waals surface area contributed by atoms with Crippen molar-refractivity contribution in [3.05, 3.63) is 35.4 Å². The molecule has 0 bridgehead atoms. The summed E-state index contributed by atoms with van der Waals surface area (Å²) in [6, 6.07) is 7.05. The van der Waals surface area contributed by atoms with Crippen LogP contribution in [0.2, 0.25) is 0 Å². The highest BCUT2D eigenvalue weighted by Gasteiger charge is 2.09. The molecule has 0 heterocycles. The summed E-state index contributed by atoms with van der Waals surface area (Å²) in [6.45, 7) is 0.559. The first-order chi connectivity index (χ1) is 8.49. The number of nitrogens with one attached hydrogen (secondary N) is 1. The predicted molar refractivity (Wildman–Crippen MR) is 64.7 cm³/mol. The van der Waals surface area contributed by atoms with Crippen LogP contribution in [0.15, 0.2) is 24.3 Å². The molecule has 98 valence electrons. The third-order valence-electron chi connectivity index (χ3n) is 2.37. The molecular formula is C12H16N2O4. The number of aliphatic hydroxyl groups excluding tert-OH is 1. The van der Waals surface area contributed by atoms with Crippen LogP contribution in [0.25, 0.3) is 0 Å². The van der Waals surface area contributed by atoms with E-state index in [1.807, 2.05) is 0 Å². The molecule has 5 N–H and O–H groups in total. The SMILES string of the molecule is NC(=O)C(O)CNCc1ccc(CC(=O)O)cc1. The van der Waals surface area contributed by atoms with E-state index in [-0.39, 0.29) is 13.0 Å². The van der Waals surface area contributed by atoms with Crippen LogP contribution in [-0.4, -0.2) is 34.7 Å². The fourth-order valence-electron chi connectivity index (χ4n) is 1.40. The van der Waals surface area contributed by atoms with Crippen molar-refractivity contribution in [2.45, 2.75) is 19.1 Å². The van der Waals surface area contributed by atoms with Crippen molar-refractivity contribution < 1.29 is 19.8 Å². The van der Waals surface area contributed by atoms with Crippen molar-refractivity contribution in [1.29, 1.82) is 0 Å².